The Morgan fingerprint density at radius 3 is 2.29 bits per heavy atom. The molecule has 12 heteroatoms. The van der Waals surface area contributed by atoms with Gasteiger partial charge in [-0.05, 0) is 82.2 Å². The molecule has 0 aliphatic heterocycles. The Kier molecular flexibility index (Phi) is 10.1. The smallest absolute Gasteiger partial charge is 0.336 e. The van der Waals surface area contributed by atoms with E-state index in [0.29, 0.717) is 31.3 Å². The van der Waals surface area contributed by atoms with Gasteiger partial charge in [-0.25, -0.2) is 10.2 Å². The molecule has 42 heavy (non-hydrogen) atoms. The second-order valence-electron chi connectivity index (χ2n) is 8.51. The predicted molar refractivity (Wildman–Crippen MR) is 166 cm³/mol. The van der Waals surface area contributed by atoms with Crippen LogP contribution in [0.4, 0.5) is 11.4 Å². The first-order valence-electron chi connectivity index (χ1n) is 12.1. The van der Waals surface area contributed by atoms with Gasteiger partial charge in [0, 0.05) is 45.1 Å². The van der Waals surface area contributed by atoms with Gasteiger partial charge in [0.1, 0.15) is 0 Å². The first kappa shape index (κ1) is 30.0. The summed E-state index contributed by atoms with van der Waals surface area (Å²) in [6.45, 7) is 0. The van der Waals surface area contributed by atoms with Crippen molar-refractivity contribution in [3.8, 4) is 5.75 Å². The molecule has 4 aromatic rings. The third-order valence-electron chi connectivity index (χ3n) is 5.54. The van der Waals surface area contributed by atoms with Crippen LogP contribution in [-0.2, 0) is 4.79 Å². The highest BCUT2D eigenvalue weighted by molar-refractivity contribution is 9.11. The number of amides is 2. The number of nitrogens with one attached hydrogen (secondary N) is 2. The van der Waals surface area contributed by atoms with Gasteiger partial charge < -0.3 is 10.1 Å². The van der Waals surface area contributed by atoms with Gasteiger partial charge in [0.15, 0.2) is 5.75 Å². The summed E-state index contributed by atoms with van der Waals surface area (Å²) in [6.07, 6.45) is 3.96. The number of benzene rings is 4. The molecule has 0 saturated heterocycles. The van der Waals surface area contributed by atoms with Crippen LogP contribution < -0.4 is 15.5 Å². The number of carbonyl (C=O) groups excluding carboxylic acids is 3. The summed E-state index contributed by atoms with van der Waals surface area (Å²) < 4.78 is 6.61. The van der Waals surface area contributed by atoms with E-state index in [1.165, 1.54) is 48.7 Å². The van der Waals surface area contributed by atoms with E-state index in [0.717, 1.165) is 0 Å². The van der Waals surface area contributed by atoms with E-state index in [1.54, 1.807) is 54.6 Å². The number of anilines is 1. The topological polar surface area (TPSA) is 140 Å². The highest BCUT2D eigenvalue weighted by atomic mass is 79.9. The van der Waals surface area contributed by atoms with Crippen LogP contribution in [0.25, 0.3) is 6.08 Å². The molecule has 2 amide bonds. The number of esters is 1. The van der Waals surface area contributed by atoms with E-state index in [1.807, 2.05) is 6.07 Å². The van der Waals surface area contributed by atoms with Gasteiger partial charge in [0.05, 0.1) is 15.6 Å². The molecule has 0 spiro atoms. The number of nitrogens with zero attached hydrogens (tertiary/aromatic N) is 2. The average Bonchev–Trinajstić information content (AvgIpc) is 2.98. The Bertz CT molecular complexity index is 1710. The van der Waals surface area contributed by atoms with Crippen molar-refractivity contribution in [2.45, 2.75) is 0 Å². The number of rotatable bonds is 9. The number of nitro benzene ring substituents is 1. The second kappa shape index (κ2) is 14.1. The molecule has 0 radical (unpaired) electrons. The van der Waals surface area contributed by atoms with Crippen LogP contribution in [0.15, 0.2) is 111 Å². The molecule has 0 aliphatic carbocycles. The molecule has 210 valence electrons. The maximum atomic E-state index is 12.7. The van der Waals surface area contributed by atoms with E-state index in [2.05, 4.69) is 47.7 Å². The fraction of sp³-hybridized carbons (Fsp3) is 0. The quantitative estimate of drug-likeness (QED) is 0.0497. The van der Waals surface area contributed by atoms with Crippen molar-refractivity contribution >= 4 is 73.3 Å². The normalized spacial score (nSPS) is 10.9. The summed E-state index contributed by atoms with van der Waals surface area (Å²) in [6, 6.07) is 24.1. The summed E-state index contributed by atoms with van der Waals surface area (Å²) in [7, 11) is 0. The predicted octanol–water partition coefficient (Wildman–Crippen LogP) is 6.75. The third-order valence-corrected chi connectivity index (χ3v) is 6.59. The van der Waals surface area contributed by atoms with Crippen LogP contribution >= 0.6 is 31.9 Å². The van der Waals surface area contributed by atoms with Crippen LogP contribution in [0.1, 0.15) is 31.8 Å². The van der Waals surface area contributed by atoms with Gasteiger partial charge >= 0.3 is 5.97 Å². The second-order valence-corrected chi connectivity index (χ2v) is 10.3. The number of hydrazone groups is 1. The van der Waals surface area contributed by atoms with E-state index >= 15 is 0 Å². The minimum Gasteiger partial charge on any atom is -0.421 e. The lowest BCUT2D eigenvalue weighted by atomic mass is 10.1. The van der Waals surface area contributed by atoms with Gasteiger partial charge in [-0.15, -0.1) is 0 Å². The monoisotopic (exact) mass is 690 g/mol. The molecule has 0 heterocycles. The fourth-order valence-electron chi connectivity index (χ4n) is 3.55. The molecule has 0 bridgehead atoms. The SMILES string of the molecule is O=C(/C=C/c1ccc([N+](=O)[O-])cc1)Oc1c(Br)cc(Br)cc1C=NNC(=O)c1cccc(NC(=O)c2ccccc2)c1. The number of non-ortho nitro benzene ring substituents is 1. The van der Waals surface area contributed by atoms with Crippen LogP contribution in [0.2, 0.25) is 0 Å². The van der Waals surface area contributed by atoms with Gasteiger partial charge in [0.25, 0.3) is 17.5 Å². The Labute approximate surface area is 256 Å². The van der Waals surface area contributed by atoms with Crippen LogP contribution in [0.3, 0.4) is 0 Å². The van der Waals surface area contributed by atoms with Crippen molar-refractivity contribution in [3.63, 3.8) is 0 Å². The Balaban J connectivity index is 1.42. The number of ether oxygens (including phenoxy) is 1. The van der Waals surface area contributed by atoms with E-state index < -0.39 is 16.8 Å². The summed E-state index contributed by atoms with van der Waals surface area (Å²) >= 11 is 6.74. The maximum Gasteiger partial charge on any atom is 0.336 e. The van der Waals surface area contributed by atoms with E-state index in [-0.39, 0.29) is 22.9 Å². The number of nitro groups is 1. The number of hydrogen-bond acceptors (Lipinski definition) is 7. The van der Waals surface area contributed by atoms with E-state index in [9.17, 15) is 24.5 Å². The zero-order valence-electron chi connectivity index (χ0n) is 21.5. The minimum atomic E-state index is -0.704. The Morgan fingerprint density at radius 1 is 0.857 bits per heavy atom. The maximum absolute atomic E-state index is 12.7. The number of hydrogen-bond donors (Lipinski definition) is 2. The summed E-state index contributed by atoms with van der Waals surface area (Å²) in [5.74, 6) is -1.39. The molecular formula is C30H20Br2N4O6. The molecule has 4 rings (SSSR count). The lowest BCUT2D eigenvalue weighted by Gasteiger charge is -2.09. The summed E-state index contributed by atoms with van der Waals surface area (Å²) in [5, 5.41) is 17.6. The number of carbonyl (C=O) groups is 3. The fourth-order valence-corrected chi connectivity index (χ4v) is 4.89. The molecular weight excluding hydrogens is 672 g/mol. The molecule has 0 atom stereocenters. The first-order chi connectivity index (χ1) is 20.2. The van der Waals surface area contributed by atoms with Crippen molar-refractivity contribution in [1.82, 2.24) is 5.43 Å². The molecule has 0 saturated carbocycles. The Morgan fingerprint density at radius 2 is 1.57 bits per heavy atom. The first-order valence-corrected chi connectivity index (χ1v) is 13.7. The zero-order valence-corrected chi connectivity index (χ0v) is 24.7. The average molecular weight is 692 g/mol. The van der Waals surface area contributed by atoms with Crippen LogP contribution in [0.5, 0.6) is 5.75 Å². The van der Waals surface area contributed by atoms with Crippen molar-refractivity contribution in [1.29, 1.82) is 0 Å². The van der Waals surface area contributed by atoms with Crippen molar-refractivity contribution < 1.29 is 24.0 Å². The molecule has 0 aliphatic rings. The van der Waals surface area contributed by atoms with Crippen molar-refractivity contribution in [3.05, 3.63) is 138 Å². The third kappa shape index (κ3) is 8.29. The van der Waals surface area contributed by atoms with Crippen molar-refractivity contribution in [2.24, 2.45) is 5.10 Å². The summed E-state index contributed by atoms with van der Waals surface area (Å²) in [4.78, 5) is 48.0. The van der Waals surface area contributed by atoms with Gasteiger partial charge in [-0.2, -0.15) is 5.10 Å². The lowest BCUT2D eigenvalue weighted by molar-refractivity contribution is -0.384. The minimum absolute atomic E-state index is 0.0629. The van der Waals surface area contributed by atoms with E-state index in [4.69, 9.17) is 4.74 Å². The van der Waals surface area contributed by atoms with Gasteiger partial charge in [0.2, 0.25) is 0 Å². The summed E-state index contributed by atoms with van der Waals surface area (Å²) in [5.41, 5.74) is 4.48. The lowest BCUT2D eigenvalue weighted by Crippen LogP contribution is -2.18. The standard InChI is InChI=1S/C30H20Br2N4O6/c31-23-15-22(28(26(32)17-23)42-27(37)14-11-19-9-12-25(13-10-19)36(40)41)18-33-35-30(39)21-7-4-8-24(16-21)34-29(38)20-5-2-1-3-6-20/h1-18H,(H,34,38)(H,35,39)/b14-11+,33-18?. The van der Waals surface area contributed by atoms with Crippen molar-refractivity contribution in [2.75, 3.05) is 5.32 Å². The molecule has 10 nitrogen and oxygen atoms in total. The van der Waals surface area contributed by atoms with Crippen LogP contribution in [0, 0.1) is 10.1 Å². The van der Waals surface area contributed by atoms with Gasteiger partial charge in [-0.1, -0.05) is 40.2 Å². The van der Waals surface area contributed by atoms with Gasteiger partial charge in [-0.3, -0.25) is 19.7 Å². The van der Waals surface area contributed by atoms with Crippen LogP contribution in [-0.4, -0.2) is 28.9 Å². The number of halogens is 2. The molecule has 0 aromatic heterocycles. The molecule has 0 fully saturated rings. The largest absolute Gasteiger partial charge is 0.421 e. The molecule has 4 aromatic carbocycles. The Hall–Kier alpha value is -4.94. The highest BCUT2D eigenvalue weighted by Crippen LogP contribution is 2.32. The molecule has 0 unspecified atom stereocenters. The highest BCUT2D eigenvalue weighted by Gasteiger charge is 2.13. The molecule has 2 N–H and O–H groups in total. The zero-order chi connectivity index (χ0) is 30.1.